The second-order valence-electron chi connectivity index (χ2n) is 9.32. The largest absolute Gasteiger partial charge is 0.358 e. The third kappa shape index (κ3) is 4.50. The van der Waals surface area contributed by atoms with Crippen LogP contribution >= 0.6 is 0 Å². The van der Waals surface area contributed by atoms with Crippen molar-refractivity contribution in [1.82, 2.24) is 9.62 Å². The van der Waals surface area contributed by atoms with Gasteiger partial charge in [-0.05, 0) is 50.3 Å². The van der Waals surface area contributed by atoms with Gasteiger partial charge in [-0.15, -0.1) is 0 Å². The number of anilines is 2. The molecular formula is C23H34N4O4S. The van der Waals surface area contributed by atoms with Gasteiger partial charge in [-0.25, -0.2) is 12.7 Å². The monoisotopic (exact) mass is 462 g/mol. The summed E-state index contributed by atoms with van der Waals surface area (Å²) in [5, 5.41) is 3.12. The van der Waals surface area contributed by atoms with Crippen molar-refractivity contribution in [2.45, 2.75) is 74.8 Å². The number of nitrogens with one attached hydrogen (secondary N) is 1. The first kappa shape index (κ1) is 23.0. The highest BCUT2D eigenvalue weighted by atomic mass is 32.2. The highest BCUT2D eigenvalue weighted by Crippen LogP contribution is 2.40. The SMILES string of the molecule is CN(C)S(=O)(=O)c1ccc2c(c1)N(CC(=O)NC1CCCCCC1)C(=O)[C@H]1CCCCN21. The molecule has 0 radical (unpaired) electrons. The third-order valence-corrected chi connectivity index (χ3v) is 8.71. The molecule has 176 valence electrons. The Kier molecular flexibility index (Phi) is 6.76. The first-order valence-electron chi connectivity index (χ1n) is 11.7. The molecule has 32 heavy (non-hydrogen) atoms. The fourth-order valence-corrected chi connectivity index (χ4v) is 6.03. The number of hydrogen-bond acceptors (Lipinski definition) is 5. The molecule has 8 nitrogen and oxygen atoms in total. The van der Waals surface area contributed by atoms with Crippen molar-refractivity contribution < 1.29 is 18.0 Å². The molecule has 9 heteroatoms. The molecule has 1 N–H and O–H groups in total. The predicted octanol–water partition coefficient (Wildman–Crippen LogP) is 2.48. The Balaban J connectivity index is 1.65. The van der Waals surface area contributed by atoms with Gasteiger partial charge in [0, 0.05) is 26.7 Å². The lowest BCUT2D eigenvalue weighted by molar-refractivity contribution is -0.125. The summed E-state index contributed by atoms with van der Waals surface area (Å²) in [6, 6.07) is 4.78. The number of hydrogen-bond donors (Lipinski definition) is 1. The van der Waals surface area contributed by atoms with E-state index in [0.29, 0.717) is 5.69 Å². The van der Waals surface area contributed by atoms with E-state index in [4.69, 9.17) is 0 Å². The molecule has 1 saturated heterocycles. The normalized spacial score (nSPS) is 22.3. The van der Waals surface area contributed by atoms with Crippen LogP contribution in [0, 0.1) is 0 Å². The fraction of sp³-hybridized carbons (Fsp3) is 0.652. The molecule has 0 unspecified atom stereocenters. The van der Waals surface area contributed by atoms with Crippen LogP contribution < -0.4 is 15.1 Å². The zero-order chi connectivity index (χ0) is 22.9. The lowest BCUT2D eigenvalue weighted by atomic mass is 9.96. The highest BCUT2D eigenvalue weighted by Gasteiger charge is 2.40. The fourth-order valence-electron chi connectivity index (χ4n) is 5.11. The molecular weight excluding hydrogens is 428 g/mol. The van der Waals surface area contributed by atoms with Crippen LogP contribution in [0.3, 0.4) is 0 Å². The number of piperidine rings is 1. The minimum Gasteiger partial charge on any atom is -0.358 e. The number of carbonyl (C=O) groups excluding carboxylic acids is 2. The van der Waals surface area contributed by atoms with E-state index in [-0.39, 0.29) is 35.3 Å². The molecule has 1 aromatic carbocycles. The minimum absolute atomic E-state index is 0.0852. The Morgan fingerprint density at radius 3 is 2.41 bits per heavy atom. The molecule has 1 saturated carbocycles. The van der Waals surface area contributed by atoms with Gasteiger partial charge >= 0.3 is 0 Å². The Hall–Kier alpha value is -2.13. The number of amides is 2. The second kappa shape index (κ2) is 9.39. The van der Waals surface area contributed by atoms with E-state index in [1.54, 1.807) is 18.2 Å². The van der Waals surface area contributed by atoms with Gasteiger partial charge in [0.1, 0.15) is 12.6 Å². The third-order valence-electron chi connectivity index (χ3n) is 6.90. The average Bonchev–Trinajstić information content (AvgIpc) is 3.04. The predicted molar refractivity (Wildman–Crippen MR) is 124 cm³/mol. The van der Waals surface area contributed by atoms with E-state index < -0.39 is 10.0 Å². The lowest BCUT2D eigenvalue weighted by Gasteiger charge is -2.45. The molecule has 2 amide bonds. The standard InChI is InChI=1S/C23H34N4O4S/c1-25(2)32(30,31)18-12-13-19-21(15-18)27(23(29)20-11-7-8-14-26(19)20)16-22(28)24-17-9-5-3-4-6-10-17/h12-13,15,17,20H,3-11,14,16H2,1-2H3,(H,24,28)/t20-/m1/s1. The van der Waals surface area contributed by atoms with Gasteiger partial charge in [-0.1, -0.05) is 25.7 Å². The molecule has 0 spiro atoms. The lowest BCUT2D eigenvalue weighted by Crippen LogP contribution is -2.57. The van der Waals surface area contributed by atoms with Crippen LogP contribution in [0.25, 0.3) is 0 Å². The van der Waals surface area contributed by atoms with Gasteiger partial charge in [0.25, 0.3) is 0 Å². The number of carbonyl (C=O) groups is 2. The first-order valence-corrected chi connectivity index (χ1v) is 13.2. The number of fused-ring (bicyclic) bond motifs is 3. The van der Waals surface area contributed by atoms with Crippen molar-refractivity contribution >= 4 is 33.2 Å². The van der Waals surface area contributed by atoms with E-state index in [0.717, 1.165) is 61.5 Å². The highest BCUT2D eigenvalue weighted by molar-refractivity contribution is 7.89. The van der Waals surface area contributed by atoms with Crippen LogP contribution in [0.1, 0.15) is 57.8 Å². The van der Waals surface area contributed by atoms with Crippen molar-refractivity contribution in [2.75, 3.05) is 37.0 Å². The van der Waals surface area contributed by atoms with Crippen LogP contribution in [0.15, 0.2) is 23.1 Å². The van der Waals surface area contributed by atoms with E-state index in [1.807, 2.05) is 0 Å². The van der Waals surface area contributed by atoms with E-state index >= 15 is 0 Å². The summed E-state index contributed by atoms with van der Waals surface area (Å²) in [5.74, 6) is -0.297. The number of rotatable bonds is 5. The van der Waals surface area contributed by atoms with Crippen LogP contribution in [0.5, 0.6) is 0 Å². The molecule has 1 aliphatic carbocycles. The van der Waals surface area contributed by atoms with Gasteiger partial charge in [-0.2, -0.15) is 0 Å². The number of benzene rings is 1. The Bertz CT molecular complexity index is 970. The van der Waals surface area contributed by atoms with Gasteiger partial charge in [0.15, 0.2) is 0 Å². The quantitative estimate of drug-likeness (QED) is 0.679. The van der Waals surface area contributed by atoms with Gasteiger partial charge in [-0.3, -0.25) is 14.5 Å². The van der Waals surface area contributed by atoms with Gasteiger partial charge in [0.05, 0.1) is 16.3 Å². The topological polar surface area (TPSA) is 90.0 Å². The summed E-state index contributed by atoms with van der Waals surface area (Å²) in [7, 11) is -0.690. The maximum Gasteiger partial charge on any atom is 0.250 e. The summed E-state index contributed by atoms with van der Waals surface area (Å²) in [4.78, 5) is 30.1. The molecule has 1 atom stereocenters. The maximum atomic E-state index is 13.4. The molecule has 2 aliphatic heterocycles. The Morgan fingerprint density at radius 1 is 1.03 bits per heavy atom. The molecule has 2 fully saturated rings. The minimum atomic E-state index is -3.66. The summed E-state index contributed by atoms with van der Waals surface area (Å²) >= 11 is 0. The Labute approximate surface area is 191 Å². The summed E-state index contributed by atoms with van der Waals surface area (Å²) in [6.07, 6.45) is 9.27. The molecule has 1 aromatic rings. The number of sulfonamides is 1. The van der Waals surface area contributed by atoms with Crippen molar-refractivity contribution in [2.24, 2.45) is 0 Å². The van der Waals surface area contributed by atoms with E-state index in [2.05, 4.69) is 10.2 Å². The average molecular weight is 463 g/mol. The van der Waals surface area contributed by atoms with Crippen LogP contribution in [-0.4, -0.2) is 63.8 Å². The molecule has 0 bridgehead atoms. The smallest absolute Gasteiger partial charge is 0.250 e. The van der Waals surface area contributed by atoms with Crippen molar-refractivity contribution in [1.29, 1.82) is 0 Å². The van der Waals surface area contributed by atoms with E-state index in [9.17, 15) is 18.0 Å². The van der Waals surface area contributed by atoms with Crippen molar-refractivity contribution in [3.05, 3.63) is 18.2 Å². The first-order chi connectivity index (χ1) is 15.3. The molecule has 0 aromatic heterocycles. The summed E-state index contributed by atoms with van der Waals surface area (Å²) < 4.78 is 26.6. The summed E-state index contributed by atoms with van der Waals surface area (Å²) in [6.45, 7) is 0.670. The van der Waals surface area contributed by atoms with Crippen LogP contribution in [0.4, 0.5) is 11.4 Å². The van der Waals surface area contributed by atoms with Crippen LogP contribution in [0.2, 0.25) is 0 Å². The molecule has 2 heterocycles. The zero-order valence-corrected chi connectivity index (χ0v) is 19.9. The van der Waals surface area contributed by atoms with Crippen molar-refractivity contribution in [3.63, 3.8) is 0 Å². The molecule has 3 aliphatic rings. The van der Waals surface area contributed by atoms with E-state index in [1.165, 1.54) is 31.8 Å². The second-order valence-corrected chi connectivity index (χ2v) is 11.5. The van der Waals surface area contributed by atoms with Gasteiger partial charge < -0.3 is 10.2 Å². The zero-order valence-electron chi connectivity index (χ0n) is 19.0. The van der Waals surface area contributed by atoms with Crippen LogP contribution in [-0.2, 0) is 19.6 Å². The summed E-state index contributed by atoms with van der Waals surface area (Å²) in [5.41, 5.74) is 1.33. The Morgan fingerprint density at radius 2 is 1.72 bits per heavy atom. The van der Waals surface area contributed by atoms with Crippen molar-refractivity contribution in [3.8, 4) is 0 Å². The molecule has 4 rings (SSSR count). The maximum absolute atomic E-state index is 13.4. The van der Waals surface area contributed by atoms with Gasteiger partial charge in [0.2, 0.25) is 21.8 Å². The number of nitrogens with zero attached hydrogens (tertiary/aromatic N) is 3.